The summed E-state index contributed by atoms with van der Waals surface area (Å²) >= 11 is 0. The molecule has 0 amide bonds. The summed E-state index contributed by atoms with van der Waals surface area (Å²) in [5.74, 6) is 2.61. The van der Waals surface area contributed by atoms with Crippen LogP contribution in [-0.2, 0) is 5.41 Å². The van der Waals surface area contributed by atoms with Gasteiger partial charge in [0.15, 0.2) is 0 Å². The molecule has 0 aliphatic heterocycles. The van der Waals surface area contributed by atoms with E-state index < -0.39 is 0 Å². The van der Waals surface area contributed by atoms with Crippen LogP contribution in [0.1, 0.15) is 52.5 Å². The molecule has 1 aromatic carbocycles. The molecular weight excluding hydrogens is 204 g/mol. The number of hydrogen-bond acceptors (Lipinski definition) is 0. The fourth-order valence-electron chi connectivity index (χ4n) is 3.82. The molecule has 1 aromatic rings. The summed E-state index contributed by atoms with van der Waals surface area (Å²) in [4.78, 5) is 0. The molecule has 0 heterocycles. The smallest absolute Gasteiger partial charge is 0.00728 e. The highest BCUT2D eigenvalue weighted by Crippen LogP contribution is 2.45. The minimum atomic E-state index is 0.320. The Kier molecular flexibility index (Phi) is 3.61. The van der Waals surface area contributed by atoms with Gasteiger partial charge in [-0.2, -0.15) is 0 Å². The lowest BCUT2D eigenvalue weighted by molar-refractivity contribution is 0.133. The van der Waals surface area contributed by atoms with Crippen molar-refractivity contribution in [3.8, 4) is 0 Å². The molecule has 0 aromatic heterocycles. The quantitative estimate of drug-likeness (QED) is 0.668. The Balaban J connectivity index is 2.21. The molecule has 0 heteroatoms. The van der Waals surface area contributed by atoms with Crippen LogP contribution in [0.4, 0.5) is 0 Å². The van der Waals surface area contributed by atoms with Crippen molar-refractivity contribution in [2.75, 3.05) is 0 Å². The van der Waals surface area contributed by atoms with E-state index in [1.807, 2.05) is 0 Å². The molecule has 0 N–H and O–H groups in total. The lowest BCUT2D eigenvalue weighted by atomic mass is 9.62. The normalized spacial score (nSPS) is 30.2. The Morgan fingerprint density at radius 1 is 1.00 bits per heavy atom. The Morgan fingerprint density at radius 3 is 2.24 bits per heavy atom. The molecular formula is C17H26. The van der Waals surface area contributed by atoms with Crippen molar-refractivity contribution in [3.05, 3.63) is 35.9 Å². The van der Waals surface area contributed by atoms with Gasteiger partial charge >= 0.3 is 0 Å². The lowest BCUT2D eigenvalue weighted by Gasteiger charge is -2.43. The van der Waals surface area contributed by atoms with E-state index in [-0.39, 0.29) is 0 Å². The average molecular weight is 230 g/mol. The fraction of sp³-hybridized carbons (Fsp3) is 0.647. The van der Waals surface area contributed by atoms with Crippen LogP contribution in [0.3, 0.4) is 0 Å². The monoisotopic (exact) mass is 230 g/mol. The summed E-state index contributed by atoms with van der Waals surface area (Å²) in [6.45, 7) is 9.71. The van der Waals surface area contributed by atoms with Crippen LogP contribution in [0.5, 0.6) is 0 Å². The van der Waals surface area contributed by atoms with Crippen LogP contribution in [0, 0.1) is 17.8 Å². The zero-order valence-corrected chi connectivity index (χ0v) is 11.7. The van der Waals surface area contributed by atoms with Gasteiger partial charge in [0, 0.05) is 0 Å². The fourth-order valence-corrected chi connectivity index (χ4v) is 3.82. The Bertz CT molecular complexity index is 350. The molecule has 0 saturated heterocycles. The van der Waals surface area contributed by atoms with E-state index in [9.17, 15) is 0 Å². The molecule has 1 aliphatic carbocycles. The van der Waals surface area contributed by atoms with Gasteiger partial charge < -0.3 is 0 Å². The first-order valence-corrected chi connectivity index (χ1v) is 7.07. The van der Waals surface area contributed by atoms with E-state index in [4.69, 9.17) is 0 Å². The summed E-state index contributed by atoms with van der Waals surface area (Å²) in [5.41, 5.74) is 1.83. The summed E-state index contributed by atoms with van der Waals surface area (Å²) in [5, 5.41) is 0. The van der Waals surface area contributed by atoms with Crippen molar-refractivity contribution in [3.63, 3.8) is 0 Å². The van der Waals surface area contributed by atoms with Crippen LogP contribution < -0.4 is 0 Å². The maximum Gasteiger partial charge on any atom is -0.00728 e. The van der Waals surface area contributed by atoms with Gasteiger partial charge in [0.2, 0.25) is 0 Å². The molecule has 94 valence electrons. The van der Waals surface area contributed by atoms with Gasteiger partial charge in [0.25, 0.3) is 0 Å². The number of rotatable bonds is 2. The lowest BCUT2D eigenvalue weighted by Crippen LogP contribution is -2.36. The first kappa shape index (κ1) is 12.7. The molecule has 1 unspecified atom stereocenters. The van der Waals surface area contributed by atoms with E-state index in [0.29, 0.717) is 5.41 Å². The topological polar surface area (TPSA) is 0 Å². The zero-order valence-electron chi connectivity index (χ0n) is 11.7. The molecule has 2 rings (SSSR count). The zero-order chi connectivity index (χ0) is 12.5. The van der Waals surface area contributed by atoms with E-state index in [1.165, 1.54) is 24.8 Å². The van der Waals surface area contributed by atoms with Crippen molar-refractivity contribution < 1.29 is 0 Å². The van der Waals surface area contributed by atoms with E-state index in [2.05, 4.69) is 58.0 Å². The average Bonchev–Trinajstić information content (AvgIpc) is 2.29. The third-order valence-electron chi connectivity index (χ3n) is 4.88. The van der Waals surface area contributed by atoms with Crippen LogP contribution in [0.15, 0.2) is 30.3 Å². The first-order valence-electron chi connectivity index (χ1n) is 7.07. The summed E-state index contributed by atoms with van der Waals surface area (Å²) in [6.07, 6.45) is 4.20. The Hall–Kier alpha value is -0.780. The largest absolute Gasteiger partial charge is 0.0625 e. The van der Waals surface area contributed by atoms with Gasteiger partial charge in [-0.05, 0) is 41.6 Å². The second kappa shape index (κ2) is 4.84. The van der Waals surface area contributed by atoms with E-state index in [1.54, 1.807) is 0 Å². The first-order chi connectivity index (χ1) is 8.01. The summed E-state index contributed by atoms with van der Waals surface area (Å²) < 4.78 is 0. The SMILES string of the molecule is CC1C[C@H](C)CC[C@H]1C(C)(C)c1ccccc1. The molecule has 1 saturated carbocycles. The van der Waals surface area contributed by atoms with E-state index in [0.717, 1.165) is 17.8 Å². The molecule has 0 nitrogen and oxygen atoms in total. The van der Waals surface area contributed by atoms with Crippen LogP contribution >= 0.6 is 0 Å². The van der Waals surface area contributed by atoms with Gasteiger partial charge in [-0.1, -0.05) is 64.4 Å². The molecule has 0 radical (unpaired) electrons. The highest BCUT2D eigenvalue weighted by molar-refractivity contribution is 5.25. The Labute approximate surface area is 106 Å². The van der Waals surface area contributed by atoms with Crippen LogP contribution in [0.2, 0.25) is 0 Å². The van der Waals surface area contributed by atoms with Crippen molar-refractivity contribution >= 4 is 0 Å². The minimum Gasteiger partial charge on any atom is -0.0625 e. The van der Waals surface area contributed by atoms with Crippen molar-refractivity contribution in [1.82, 2.24) is 0 Å². The van der Waals surface area contributed by atoms with Gasteiger partial charge in [-0.3, -0.25) is 0 Å². The molecule has 3 atom stereocenters. The predicted molar refractivity (Wildman–Crippen MR) is 75.1 cm³/mol. The second-order valence-corrected chi connectivity index (χ2v) is 6.59. The van der Waals surface area contributed by atoms with E-state index >= 15 is 0 Å². The molecule has 17 heavy (non-hydrogen) atoms. The molecule has 0 bridgehead atoms. The molecule has 0 spiro atoms. The summed E-state index contributed by atoms with van der Waals surface area (Å²) in [7, 11) is 0. The highest BCUT2D eigenvalue weighted by Gasteiger charge is 2.37. The van der Waals surface area contributed by atoms with Crippen molar-refractivity contribution in [2.45, 2.75) is 52.4 Å². The van der Waals surface area contributed by atoms with Gasteiger partial charge in [0.1, 0.15) is 0 Å². The maximum absolute atomic E-state index is 2.45. The van der Waals surface area contributed by atoms with Crippen LogP contribution in [-0.4, -0.2) is 0 Å². The van der Waals surface area contributed by atoms with Gasteiger partial charge in [-0.25, -0.2) is 0 Å². The second-order valence-electron chi connectivity index (χ2n) is 6.59. The van der Waals surface area contributed by atoms with Crippen molar-refractivity contribution in [2.24, 2.45) is 17.8 Å². The molecule has 1 fully saturated rings. The predicted octanol–water partition coefficient (Wildman–Crippen LogP) is 5.04. The number of benzene rings is 1. The van der Waals surface area contributed by atoms with Gasteiger partial charge in [0.05, 0.1) is 0 Å². The third kappa shape index (κ3) is 2.56. The van der Waals surface area contributed by atoms with Gasteiger partial charge in [-0.15, -0.1) is 0 Å². The maximum atomic E-state index is 2.45. The third-order valence-corrected chi connectivity index (χ3v) is 4.88. The highest BCUT2D eigenvalue weighted by atomic mass is 14.4. The minimum absolute atomic E-state index is 0.320. The van der Waals surface area contributed by atoms with Crippen LogP contribution in [0.25, 0.3) is 0 Å². The summed E-state index contributed by atoms with van der Waals surface area (Å²) in [6, 6.07) is 11.1. The standard InChI is InChI=1S/C17H26/c1-13-10-11-16(14(2)12-13)17(3,4)15-8-6-5-7-9-15/h5-9,13-14,16H,10-12H2,1-4H3/t13-,14?,16-/m1/s1. The number of hydrogen-bond donors (Lipinski definition) is 0. The molecule has 1 aliphatic rings. The van der Waals surface area contributed by atoms with Crippen molar-refractivity contribution in [1.29, 1.82) is 0 Å². The Morgan fingerprint density at radius 2 is 1.65 bits per heavy atom.